The Morgan fingerprint density at radius 2 is 1.55 bits per heavy atom. The second-order valence-electron chi connectivity index (χ2n) is 5.36. The molecule has 112 valence electrons. The lowest BCUT2D eigenvalue weighted by molar-refractivity contribution is -0.124. The highest BCUT2D eigenvalue weighted by Crippen LogP contribution is 2.48. The molecule has 0 heterocycles. The summed E-state index contributed by atoms with van der Waals surface area (Å²) in [6, 6.07) is 14.6. The molecule has 1 aliphatic rings. The van der Waals surface area contributed by atoms with Crippen LogP contribution in [0.2, 0.25) is 0 Å². The number of halogens is 1. The van der Waals surface area contributed by atoms with Gasteiger partial charge in [-0.05, 0) is 42.7 Å². The number of carbonyl (C=O) groups excluding carboxylic acids is 2. The molecule has 2 aromatic rings. The quantitative estimate of drug-likeness (QED) is 0.854. The van der Waals surface area contributed by atoms with E-state index in [1.54, 1.807) is 0 Å². The molecule has 0 saturated heterocycles. The number of hydrogen-bond acceptors (Lipinski definition) is 2. The van der Waals surface area contributed by atoms with E-state index in [1.165, 1.54) is 24.3 Å². The smallest absolute Gasteiger partial charge is 0.269 e. The van der Waals surface area contributed by atoms with Crippen molar-refractivity contribution in [3.63, 3.8) is 0 Å². The SMILES string of the molecule is O=C(NNC(=O)C1(c2ccccc2)CC1)c1ccc(F)cc1. The van der Waals surface area contributed by atoms with Gasteiger partial charge in [-0.2, -0.15) is 0 Å². The third-order valence-corrected chi connectivity index (χ3v) is 3.91. The number of nitrogens with one attached hydrogen (secondary N) is 2. The third kappa shape index (κ3) is 2.70. The van der Waals surface area contributed by atoms with E-state index in [0.29, 0.717) is 0 Å². The van der Waals surface area contributed by atoms with Crippen molar-refractivity contribution in [2.24, 2.45) is 0 Å². The fourth-order valence-corrected chi connectivity index (χ4v) is 2.44. The van der Waals surface area contributed by atoms with Crippen molar-refractivity contribution < 1.29 is 14.0 Å². The van der Waals surface area contributed by atoms with Crippen LogP contribution in [-0.4, -0.2) is 11.8 Å². The van der Waals surface area contributed by atoms with Crippen molar-refractivity contribution in [2.75, 3.05) is 0 Å². The molecule has 2 N–H and O–H groups in total. The largest absolute Gasteiger partial charge is 0.272 e. The van der Waals surface area contributed by atoms with E-state index in [0.717, 1.165) is 18.4 Å². The van der Waals surface area contributed by atoms with Crippen LogP contribution < -0.4 is 10.9 Å². The zero-order valence-corrected chi connectivity index (χ0v) is 11.8. The van der Waals surface area contributed by atoms with Gasteiger partial charge in [0, 0.05) is 5.56 Å². The third-order valence-electron chi connectivity index (χ3n) is 3.91. The van der Waals surface area contributed by atoms with Gasteiger partial charge in [-0.25, -0.2) is 4.39 Å². The normalized spacial score (nSPS) is 15.0. The maximum atomic E-state index is 12.8. The lowest BCUT2D eigenvalue weighted by atomic mass is 9.95. The van der Waals surface area contributed by atoms with Gasteiger partial charge in [0.25, 0.3) is 5.91 Å². The van der Waals surface area contributed by atoms with Gasteiger partial charge in [-0.1, -0.05) is 30.3 Å². The summed E-state index contributed by atoms with van der Waals surface area (Å²) < 4.78 is 12.8. The minimum Gasteiger partial charge on any atom is -0.272 e. The average molecular weight is 298 g/mol. The summed E-state index contributed by atoms with van der Waals surface area (Å²) in [5, 5.41) is 0. The number of carbonyl (C=O) groups is 2. The molecule has 0 aliphatic heterocycles. The van der Waals surface area contributed by atoms with Gasteiger partial charge in [0.1, 0.15) is 5.82 Å². The summed E-state index contributed by atoms with van der Waals surface area (Å²) in [4.78, 5) is 24.2. The van der Waals surface area contributed by atoms with Crippen LogP contribution in [-0.2, 0) is 10.2 Å². The van der Waals surface area contributed by atoms with Crippen LogP contribution in [0.15, 0.2) is 54.6 Å². The highest BCUT2D eigenvalue weighted by molar-refractivity contribution is 5.97. The molecule has 0 radical (unpaired) electrons. The van der Waals surface area contributed by atoms with E-state index >= 15 is 0 Å². The molecule has 0 bridgehead atoms. The Balaban J connectivity index is 1.63. The molecule has 22 heavy (non-hydrogen) atoms. The highest BCUT2D eigenvalue weighted by atomic mass is 19.1. The molecular formula is C17H15FN2O2. The van der Waals surface area contributed by atoms with Crippen molar-refractivity contribution in [3.05, 3.63) is 71.5 Å². The van der Waals surface area contributed by atoms with Crippen LogP contribution in [0.3, 0.4) is 0 Å². The summed E-state index contributed by atoms with van der Waals surface area (Å²) in [5.74, 6) is -1.12. The van der Waals surface area contributed by atoms with Crippen LogP contribution in [0.25, 0.3) is 0 Å². The summed E-state index contributed by atoms with van der Waals surface area (Å²) in [5.41, 5.74) is 5.52. The van der Waals surface area contributed by atoms with Crippen molar-refractivity contribution in [1.29, 1.82) is 0 Å². The Hall–Kier alpha value is -2.69. The van der Waals surface area contributed by atoms with Crippen molar-refractivity contribution in [1.82, 2.24) is 10.9 Å². The van der Waals surface area contributed by atoms with E-state index in [2.05, 4.69) is 10.9 Å². The van der Waals surface area contributed by atoms with Gasteiger partial charge in [-0.3, -0.25) is 20.4 Å². The summed E-state index contributed by atoms with van der Waals surface area (Å²) in [6.45, 7) is 0. The van der Waals surface area contributed by atoms with Crippen LogP contribution >= 0.6 is 0 Å². The van der Waals surface area contributed by atoms with Crippen molar-refractivity contribution >= 4 is 11.8 Å². The first-order valence-electron chi connectivity index (χ1n) is 7.04. The average Bonchev–Trinajstić information content (AvgIpc) is 3.36. The van der Waals surface area contributed by atoms with Crippen LogP contribution in [0.1, 0.15) is 28.8 Å². The first kappa shape index (κ1) is 14.3. The van der Waals surface area contributed by atoms with Gasteiger partial charge >= 0.3 is 0 Å². The second kappa shape index (κ2) is 5.60. The highest BCUT2D eigenvalue weighted by Gasteiger charge is 2.51. The number of rotatable bonds is 3. The molecule has 0 unspecified atom stereocenters. The molecule has 5 heteroatoms. The zero-order valence-electron chi connectivity index (χ0n) is 11.8. The summed E-state index contributed by atoms with van der Waals surface area (Å²) in [6.07, 6.45) is 1.52. The Kier molecular flexibility index (Phi) is 3.63. The van der Waals surface area contributed by atoms with Gasteiger partial charge in [0.05, 0.1) is 5.41 Å². The maximum Gasteiger partial charge on any atom is 0.269 e. The first-order chi connectivity index (χ1) is 10.6. The molecular weight excluding hydrogens is 283 g/mol. The number of hydrazine groups is 1. The second-order valence-corrected chi connectivity index (χ2v) is 5.36. The topological polar surface area (TPSA) is 58.2 Å². The molecule has 1 aliphatic carbocycles. The van der Waals surface area contributed by atoms with Crippen molar-refractivity contribution in [2.45, 2.75) is 18.3 Å². The molecule has 1 fully saturated rings. The van der Waals surface area contributed by atoms with Gasteiger partial charge in [0.15, 0.2) is 0 Å². The maximum absolute atomic E-state index is 12.8. The predicted octanol–water partition coefficient (Wildman–Crippen LogP) is 2.32. The number of amides is 2. The molecule has 0 atom stereocenters. The molecule has 3 rings (SSSR count). The van der Waals surface area contributed by atoms with Crippen LogP contribution in [0.4, 0.5) is 4.39 Å². The Morgan fingerprint density at radius 1 is 0.909 bits per heavy atom. The molecule has 1 saturated carbocycles. The predicted molar refractivity (Wildman–Crippen MR) is 79.4 cm³/mol. The first-order valence-corrected chi connectivity index (χ1v) is 7.04. The standard InChI is InChI=1S/C17H15FN2O2/c18-14-8-6-12(7-9-14)15(21)19-20-16(22)17(10-11-17)13-4-2-1-3-5-13/h1-9H,10-11H2,(H,19,21)(H,20,22). The van der Waals surface area contributed by atoms with E-state index in [1.807, 2.05) is 30.3 Å². The van der Waals surface area contributed by atoms with Crippen LogP contribution in [0, 0.1) is 5.82 Å². The van der Waals surface area contributed by atoms with Crippen molar-refractivity contribution in [3.8, 4) is 0 Å². The minimum absolute atomic E-state index is 0.228. The Labute approximate surface area is 127 Å². The fraction of sp³-hybridized carbons (Fsp3) is 0.176. The Morgan fingerprint density at radius 3 is 2.14 bits per heavy atom. The van der Waals surface area contributed by atoms with Gasteiger partial charge in [0.2, 0.25) is 5.91 Å². The monoisotopic (exact) mass is 298 g/mol. The molecule has 2 aromatic carbocycles. The minimum atomic E-state index is -0.544. The number of benzene rings is 2. The van der Waals surface area contributed by atoms with E-state index in [4.69, 9.17) is 0 Å². The molecule has 0 spiro atoms. The van der Waals surface area contributed by atoms with E-state index in [-0.39, 0.29) is 11.5 Å². The van der Waals surface area contributed by atoms with Gasteiger partial charge < -0.3 is 0 Å². The Bertz CT molecular complexity index is 694. The summed E-state index contributed by atoms with van der Waals surface area (Å²) >= 11 is 0. The summed E-state index contributed by atoms with van der Waals surface area (Å²) in [7, 11) is 0. The molecule has 4 nitrogen and oxygen atoms in total. The molecule has 0 aromatic heterocycles. The zero-order chi connectivity index (χ0) is 15.6. The lowest BCUT2D eigenvalue weighted by Crippen LogP contribution is -2.46. The number of hydrogen-bond donors (Lipinski definition) is 2. The van der Waals surface area contributed by atoms with Crippen LogP contribution in [0.5, 0.6) is 0 Å². The van der Waals surface area contributed by atoms with E-state index < -0.39 is 17.1 Å². The fourth-order valence-electron chi connectivity index (χ4n) is 2.44. The van der Waals surface area contributed by atoms with E-state index in [9.17, 15) is 14.0 Å². The lowest BCUT2D eigenvalue weighted by Gasteiger charge is -2.16. The van der Waals surface area contributed by atoms with Gasteiger partial charge in [-0.15, -0.1) is 0 Å². The molecule has 2 amide bonds.